The van der Waals surface area contributed by atoms with Gasteiger partial charge >= 0.3 is 12.0 Å². The van der Waals surface area contributed by atoms with Gasteiger partial charge in [0.15, 0.2) is 0 Å². The minimum Gasteiger partial charge on any atom is -0.480 e. The van der Waals surface area contributed by atoms with Crippen molar-refractivity contribution < 1.29 is 14.7 Å². The van der Waals surface area contributed by atoms with Crippen molar-refractivity contribution in [3.63, 3.8) is 0 Å². The molecule has 0 spiro atoms. The summed E-state index contributed by atoms with van der Waals surface area (Å²) in [7, 11) is 0. The molecule has 106 valence electrons. The maximum Gasteiger partial charge on any atom is 0.327 e. The molecule has 2 heterocycles. The zero-order valence-electron chi connectivity index (χ0n) is 11.2. The Balaban J connectivity index is 1.89. The molecule has 1 aromatic rings. The minimum absolute atomic E-state index is 0.0694. The van der Waals surface area contributed by atoms with Gasteiger partial charge in [-0.1, -0.05) is 18.2 Å². The summed E-state index contributed by atoms with van der Waals surface area (Å²) >= 11 is 1.49. The van der Waals surface area contributed by atoms with Gasteiger partial charge in [-0.05, 0) is 25.0 Å². The Bertz CT molecular complexity index is 563. The number of benzene rings is 1. The van der Waals surface area contributed by atoms with Crippen LogP contribution in [0.3, 0.4) is 0 Å². The highest BCUT2D eigenvalue weighted by Gasteiger charge is 2.40. The van der Waals surface area contributed by atoms with Gasteiger partial charge in [0.25, 0.3) is 0 Å². The zero-order chi connectivity index (χ0) is 14.3. The van der Waals surface area contributed by atoms with E-state index in [0.717, 1.165) is 17.7 Å². The molecule has 20 heavy (non-hydrogen) atoms. The molecule has 2 aliphatic rings. The number of para-hydroxylation sites is 1. The van der Waals surface area contributed by atoms with Crippen molar-refractivity contribution in [2.45, 2.75) is 25.4 Å². The number of urea groups is 1. The first-order valence-electron chi connectivity index (χ1n) is 6.58. The van der Waals surface area contributed by atoms with E-state index in [-0.39, 0.29) is 12.1 Å². The Morgan fingerprint density at radius 2 is 2.10 bits per heavy atom. The maximum atomic E-state index is 12.7. The molecule has 2 atom stereocenters. The number of rotatable bonds is 1. The molecule has 1 N–H and O–H groups in total. The maximum absolute atomic E-state index is 12.7. The van der Waals surface area contributed by atoms with Crippen LogP contribution in [0.15, 0.2) is 24.3 Å². The number of amides is 2. The predicted molar refractivity (Wildman–Crippen MR) is 78.1 cm³/mol. The summed E-state index contributed by atoms with van der Waals surface area (Å²) in [6.45, 7) is 2.00. The van der Waals surface area contributed by atoms with Crippen molar-refractivity contribution in [3.8, 4) is 0 Å². The molecule has 0 aliphatic carbocycles. The van der Waals surface area contributed by atoms with Gasteiger partial charge < -0.3 is 10.0 Å². The first-order chi connectivity index (χ1) is 9.59. The van der Waals surface area contributed by atoms with Gasteiger partial charge in [0.2, 0.25) is 0 Å². The lowest BCUT2D eigenvalue weighted by Crippen LogP contribution is -2.50. The number of carbonyl (C=O) groups is 2. The Hall–Kier alpha value is -1.69. The van der Waals surface area contributed by atoms with Crippen molar-refractivity contribution in [1.29, 1.82) is 0 Å². The quantitative estimate of drug-likeness (QED) is 0.860. The van der Waals surface area contributed by atoms with Crippen LogP contribution in [0, 0.1) is 0 Å². The molecule has 2 amide bonds. The molecule has 2 aliphatic heterocycles. The fraction of sp³-hybridized carbons (Fsp3) is 0.429. The van der Waals surface area contributed by atoms with Crippen LogP contribution in [-0.4, -0.2) is 45.7 Å². The highest BCUT2D eigenvalue weighted by Crippen LogP contribution is 2.34. The Morgan fingerprint density at radius 1 is 1.35 bits per heavy atom. The van der Waals surface area contributed by atoms with Gasteiger partial charge in [0, 0.05) is 17.5 Å². The number of nitrogens with zero attached hydrogens (tertiary/aromatic N) is 2. The number of carbonyl (C=O) groups excluding carboxylic acids is 1. The fourth-order valence-corrected chi connectivity index (χ4v) is 3.97. The second-order valence-electron chi connectivity index (χ2n) is 5.16. The molecular formula is C14H16N2O3S. The average molecular weight is 292 g/mol. The number of carboxylic acids is 1. The molecule has 0 aromatic heterocycles. The Labute approximate surface area is 121 Å². The van der Waals surface area contributed by atoms with E-state index in [9.17, 15) is 14.7 Å². The zero-order valence-corrected chi connectivity index (χ0v) is 12.0. The fourth-order valence-electron chi connectivity index (χ4n) is 2.83. The third kappa shape index (κ3) is 2.04. The summed E-state index contributed by atoms with van der Waals surface area (Å²) in [5.41, 5.74) is 2.05. The van der Waals surface area contributed by atoms with E-state index in [4.69, 9.17) is 0 Å². The largest absolute Gasteiger partial charge is 0.480 e. The predicted octanol–water partition coefficient (Wildman–Crippen LogP) is 2.02. The van der Waals surface area contributed by atoms with Crippen molar-refractivity contribution in [2.24, 2.45) is 0 Å². The summed E-state index contributed by atoms with van der Waals surface area (Å²) < 4.78 is 0. The average Bonchev–Trinajstić information content (AvgIpc) is 3.01. The van der Waals surface area contributed by atoms with Gasteiger partial charge in [-0.25, -0.2) is 9.59 Å². The summed E-state index contributed by atoms with van der Waals surface area (Å²) in [5, 5.41) is 9.21. The lowest BCUT2D eigenvalue weighted by molar-refractivity contribution is -0.140. The van der Waals surface area contributed by atoms with E-state index in [1.165, 1.54) is 16.7 Å². The normalized spacial score (nSPS) is 24.9. The number of hydrogen-bond acceptors (Lipinski definition) is 3. The van der Waals surface area contributed by atoms with Crippen LogP contribution in [0.25, 0.3) is 0 Å². The first-order valence-corrected chi connectivity index (χ1v) is 7.73. The number of aliphatic carboxylic acids is 1. The van der Waals surface area contributed by atoms with Gasteiger partial charge in [0.05, 0.1) is 5.88 Å². The molecule has 2 unspecified atom stereocenters. The second-order valence-corrected chi connectivity index (χ2v) is 6.16. The summed E-state index contributed by atoms with van der Waals surface area (Å²) in [4.78, 5) is 27.1. The molecule has 3 rings (SSSR count). The number of hydrogen-bond donors (Lipinski definition) is 1. The minimum atomic E-state index is -0.927. The molecule has 1 aromatic carbocycles. The van der Waals surface area contributed by atoms with Crippen LogP contribution >= 0.6 is 11.8 Å². The standard InChI is InChI=1S/C14H16N2O3S/c1-9-6-10-4-2-3-5-11(10)16(9)14(19)15-8-20-7-12(15)13(17)18/h2-5,9,12H,6-8H2,1H3,(H,17,18). The van der Waals surface area contributed by atoms with Crippen molar-refractivity contribution >= 4 is 29.4 Å². The van der Waals surface area contributed by atoms with E-state index in [0.29, 0.717) is 11.6 Å². The van der Waals surface area contributed by atoms with Gasteiger partial charge in [0.1, 0.15) is 6.04 Å². The van der Waals surface area contributed by atoms with Crippen LogP contribution in [0.1, 0.15) is 12.5 Å². The highest BCUT2D eigenvalue weighted by atomic mass is 32.2. The topological polar surface area (TPSA) is 60.9 Å². The Morgan fingerprint density at radius 3 is 2.85 bits per heavy atom. The van der Waals surface area contributed by atoms with E-state index in [1.807, 2.05) is 31.2 Å². The van der Waals surface area contributed by atoms with E-state index in [1.54, 1.807) is 4.90 Å². The number of fused-ring (bicyclic) bond motifs is 1. The molecular weight excluding hydrogens is 276 g/mol. The van der Waals surface area contributed by atoms with Gasteiger partial charge in [-0.3, -0.25) is 4.90 Å². The van der Waals surface area contributed by atoms with Crippen LogP contribution in [0.4, 0.5) is 10.5 Å². The third-order valence-corrected chi connectivity index (χ3v) is 4.84. The van der Waals surface area contributed by atoms with Crippen LogP contribution in [-0.2, 0) is 11.2 Å². The smallest absolute Gasteiger partial charge is 0.327 e. The molecule has 0 saturated carbocycles. The summed E-state index contributed by atoms with van der Waals surface area (Å²) in [6.07, 6.45) is 0.820. The Kier molecular flexibility index (Phi) is 3.33. The van der Waals surface area contributed by atoms with E-state index < -0.39 is 12.0 Å². The van der Waals surface area contributed by atoms with Crippen molar-refractivity contribution in [1.82, 2.24) is 4.90 Å². The summed E-state index contributed by atoms with van der Waals surface area (Å²) in [5.74, 6) is -0.0185. The molecule has 1 saturated heterocycles. The first kappa shape index (κ1) is 13.3. The van der Waals surface area contributed by atoms with Crippen molar-refractivity contribution in [2.75, 3.05) is 16.5 Å². The molecule has 1 fully saturated rings. The van der Waals surface area contributed by atoms with Gasteiger partial charge in [-0.2, -0.15) is 0 Å². The molecule has 0 radical (unpaired) electrons. The monoisotopic (exact) mass is 292 g/mol. The lowest BCUT2D eigenvalue weighted by atomic mass is 10.1. The van der Waals surface area contributed by atoms with Crippen LogP contribution in [0.2, 0.25) is 0 Å². The third-order valence-electron chi connectivity index (χ3n) is 3.83. The lowest BCUT2D eigenvalue weighted by Gasteiger charge is -2.30. The number of anilines is 1. The highest BCUT2D eigenvalue weighted by molar-refractivity contribution is 7.99. The summed E-state index contributed by atoms with van der Waals surface area (Å²) in [6, 6.07) is 6.98. The number of thioether (sulfide) groups is 1. The van der Waals surface area contributed by atoms with Crippen LogP contribution < -0.4 is 4.90 Å². The molecule has 6 heteroatoms. The van der Waals surface area contributed by atoms with Gasteiger partial charge in [-0.15, -0.1) is 11.8 Å². The SMILES string of the molecule is CC1Cc2ccccc2N1C(=O)N1CSCC1C(=O)O. The van der Waals surface area contributed by atoms with E-state index in [2.05, 4.69) is 0 Å². The molecule has 0 bridgehead atoms. The van der Waals surface area contributed by atoms with E-state index >= 15 is 0 Å². The number of carboxylic acid groups (broad SMARTS) is 1. The van der Waals surface area contributed by atoms with Crippen molar-refractivity contribution in [3.05, 3.63) is 29.8 Å². The second kappa shape index (κ2) is 5.01. The van der Waals surface area contributed by atoms with Crippen LogP contribution in [0.5, 0.6) is 0 Å². The molecule has 5 nitrogen and oxygen atoms in total.